The molecule has 2 aromatic heterocycles. The lowest BCUT2D eigenvalue weighted by molar-refractivity contribution is 0.0584. The summed E-state index contributed by atoms with van der Waals surface area (Å²) in [6.07, 6.45) is 12.5. The highest BCUT2D eigenvalue weighted by atomic mass is 16.2. The number of benzene rings is 1. The molecule has 1 amide bonds. The minimum Gasteiger partial charge on any atom is -0.334 e. The van der Waals surface area contributed by atoms with E-state index in [0.717, 1.165) is 49.2 Å². The van der Waals surface area contributed by atoms with Crippen LogP contribution in [0.2, 0.25) is 0 Å². The zero-order chi connectivity index (χ0) is 17.9. The van der Waals surface area contributed by atoms with Crippen LogP contribution in [-0.4, -0.2) is 42.7 Å². The van der Waals surface area contributed by atoms with Gasteiger partial charge in [-0.25, -0.2) is 4.98 Å². The van der Waals surface area contributed by atoms with E-state index in [1.165, 1.54) is 0 Å². The molecular weight excluding hydrogens is 326 g/mol. The number of nitrogens with zero attached hydrogens (tertiary/aromatic N) is 5. The fourth-order valence-corrected chi connectivity index (χ4v) is 3.59. The third kappa shape index (κ3) is 3.40. The first-order valence-electron chi connectivity index (χ1n) is 9.09. The quantitative estimate of drug-likeness (QED) is 0.727. The normalized spacial score (nSPS) is 17.4. The molecular formula is C20H23N5O. The topological polar surface area (TPSA) is 56.0 Å². The maximum absolute atomic E-state index is 13.1. The van der Waals surface area contributed by atoms with Crippen molar-refractivity contribution >= 4 is 5.91 Å². The highest BCUT2D eigenvalue weighted by Gasteiger charge is 2.28. The predicted molar refractivity (Wildman–Crippen MR) is 99.2 cm³/mol. The first-order valence-corrected chi connectivity index (χ1v) is 9.09. The molecule has 0 aliphatic carbocycles. The predicted octanol–water partition coefficient (Wildman–Crippen LogP) is 3.07. The molecule has 1 fully saturated rings. The third-order valence-corrected chi connectivity index (χ3v) is 4.96. The molecule has 0 N–H and O–H groups in total. The SMILES string of the molecule is Cc1cnn(C[C@H]2CCCCN2C(=O)c2ccc(-n3ccnc3)cc2)c1. The van der Waals surface area contributed by atoms with Crippen molar-refractivity contribution in [2.45, 2.75) is 38.8 Å². The van der Waals surface area contributed by atoms with Crippen molar-refractivity contribution in [1.82, 2.24) is 24.2 Å². The van der Waals surface area contributed by atoms with E-state index in [9.17, 15) is 4.79 Å². The summed E-state index contributed by atoms with van der Waals surface area (Å²) < 4.78 is 3.88. The van der Waals surface area contributed by atoms with Crippen molar-refractivity contribution in [2.75, 3.05) is 6.54 Å². The average Bonchev–Trinajstić information content (AvgIpc) is 3.34. The van der Waals surface area contributed by atoms with Gasteiger partial charge in [-0.3, -0.25) is 9.48 Å². The van der Waals surface area contributed by atoms with Gasteiger partial charge in [-0.1, -0.05) is 0 Å². The number of rotatable bonds is 4. The second-order valence-corrected chi connectivity index (χ2v) is 6.90. The molecule has 6 heteroatoms. The van der Waals surface area contributed by atoms with Gasteiger partial charge in [0, 0.05) is 36.4 Å². The van der Waals surface area contributed by atoms with Crippen LogP contribution in [-0.2, 0) is 6.54 Å². The first-order chi connectivity index (χ1) is 12.7. The Bertz CT molecular complexity index is 866. The number of hydrogen-bond acceptors (Lipinski definition) is 3. The van der Waals surface area contributed by atoms with E-state index < -0.39 is 0 Å². The highest BCUT2D eigenvalue weighted by Crippen LogP contribution is 2.22. The van der Waals surface area contributed by atoms with Gasteiger partial charge in [0.1, 0.15) is 0 Å². The smallest absolute Gasteiger partial charge is 0.254 e. The molecule has 0 bridgehead atoms. The maximum Gasteiger partial charge on any atom is 0.254 e. The van der Waals surface area contributed by atoms with Crippen LogP contribution in [0.3, 0.4) is 0 Å². The van der Waals surface area contributed by atoms with Crippen molar-refractivity contribution in [2.24, 2.45) is 0 Å². The number of aryl methyl sites for hydroxylation is 1. The van der Waals surface area contributed by atoms with Gasteiger partial charge >= 0.3 is 0 Å². The molecule has 4 rings (SSSR count). The van der Waals surface area contributed by atoms with Crippen molar-refractivity contribution in [3.8, 4) is 5.69 Å². The number of hydrogen-bond donors (Lipinski definition) is 0. The molecule has 1 aliphatic rings. The molecule has 3 aromatic rings. The summed E-state index contributed by atoms with van der Waals surface area (Å²) in [6, 6.07) is 7.93. The number of carbonyl (C=O) groups excluding carboxylic acids is 1. The minimum atomic E-state index is 0.107. The summed E-state index contributed by atoms with van der Waals surface area (Å²) in [7, 11) is 0. The van der Waals surface area contributed by atoms with Crippen LogP contribution >= 0.6 is 0 Å². The van der Waals surface area contributed by atoms with Crippen LogP contribution < -0.4 is 0 Å². The maximum atomic E-state index is 13.1. The van der Waals surface area contributed by atoms with E-state index >= 15 is 0 Å². The Hall–Kier alpha value is -2.89. The van der Waals surface area contributed by atoms with E-state index in [1.807, 2.05) is 63.9 Å². The molecule has 0 spiro atoms. The van der Waals surface area contributed by atoms with Crippen molar-refractivity contribution in [3.63, 3.8) is 0 Å². The van der Waals surface area contributed by atoms with Gasteiger partial charge in [0.2, 0.25) is 0 Å². The zero-order valence-corrected chi connectivity index (χ0v) is 15.0. The summed E-state index contributed by atoms with van der Waals surface area (Å²) in [5, 5.41) is 4.39. The summed E-state index contributed by atoms with van der Waals surface area (Å²) in [6.45, 7) is 3.61. The molecule has 134 valence electrons. The fraction of sp³-hybridized carbons (Fsp3) is 0.350. The number of imidazole rings is 1. The largest absolute Gasteiger partial charge is 0.334 e. The number of likely N-dealkylation sites (tertiary alicyclic amines) is 1. The van der Waals surface area contributed by atoms with Crippen LogP contribution in [0.5, 0.6) is 0 Å². The van der Waals surface area contributed by atoms with E-state index in [-0.39, 0.29) is 11.9 Å². The van der Waals surface area contributed by atoms with Gasteiger partial charge in [0.25, 0.3) is 5.91 Å². The standard InChI is InChI=1S/C20H23N5O/c1-16-12-22-24(13-16)14-19-4-2-3-10-25(19)20(26)17-5-7-18(8-6-17)23-11-9-21-15-23/h5-9,11-13,15,19H,2-4,10,14H2,1H3/t19-/m1/s1. The Morgan fingerprint density at radius 2 is 2.08 bits per heavy atom. The Morgan fingerprint density at radius 1 is 1.23 bits per heavy atom. The van der Waals surface area contributed by atoms with Gasteiger partial charge < -0.3 is 9.47 Å². The van der Waals surface area contributed by atoms with Gasteiger partial charge in [0.05, 0.1) is 25.1 Å². The molecule has 3 heterocycles. The lowest BCUT2D eigenvalue weighted by Gasteiger charge is -2.35. The number of piperidine rings is 1. The van der Waals surface area contributed by atoms with Gasteiger partial charge in [-0.05, 0) is 56.0 Å². The average molecular weight is 349 g/mol. The highest BCUT2D eigenvalue weighted by molar-refractivity contribution is 5.94. The molecule has 0 radical (unpaired) electrons. The van der Waals surface area contributed by atoms with Crippen LogP contribution in [0.1, 0.15) is 35.2 Å². The van der Waals surface area contributed by atoms with Crippen LogP contribution in [0.4, 0.5) is 0 Å². The van der Waals surface area contributed by atoms with Crippen LogP contribution in [0, 0.1) is 6.92 Å². The monoisotopic (exact) mass is 349 g/mol. The molecule has 1 aliphatic heterocycles. The van der Waals surface area contributed by atoms with Gasteiger partial charge in [-0.15, -0.1) is 0 Å². The van der Waals surface area contributed by atoms with E-state index in [1.54, 1.807) is 12.5 Å². The molecule has 6 nitrogen and oxygen atoms in total. The molecule has 0 saturated carbocycles. The number of aromatic nitrogens is 4. The van der Waals surface area contributed by atoms with Gasteiger partial charge in [0.15, 0.2) is 0 Å². The molecule has 0 unspecified atom stereocenters. The lowest BCUT2D eigenvalue weighted by atomic mass is 10.0. The van der Waals surface area contributed by atoms with Crippen LogP contribution in [0.15, 0.2) is 55.4 Å². The Labute approximate surface area is 153 Å². The summed E-state index contributed by atoms with van der Waals surface area (Å²) >= 11 is 0. The number of carbonyl (C=O) groups is 1. The van der Waals surface area contributed by atoms with Crippen molar-refractivity contribution < 1.29 is 4.79 Å². The third-order valence-electron chi connectivity index (χ3n) is 4.96. The van der Waals surface area contributed by atoms with E-state index in [0.29, 0.717) is 0 Å². The molecule has 1 saturated heterocycles. The Morgan fingerprint density at radius 3 is 2.77 bits per heavy atom. The Kier molecular flexibility index (Phi) is 4.56. The minimum absolute atomic E-state index is 0.107. The second kappa shape index (κ2) is 7.15. The first kappa shape index (κ1) is 16.6. The van der Waals surface area contributed by atoms with Gasteiger partial charge in [-0.2, -0.15) is 5.10 Å². The van der Waals surface area contributed by atoms with E-state index in [4.69, 9.17) is 0 Å². The molecule has 26 heavy (non-hydrogen) atoms. The van der Waals surface area contributed by atoms with Crippen LogP contribution in [0.25, 0.3) is 5.69 Å². The molecule has 1 aromatic carbocycles. The summed E-state index contributed by atoms with van der Waals surface area (Å²) in [4.78, 5) is 19.2. The number of amides is 1. The van der Waals surface area contributed by atoms with Crippen molar-refractivity contribution in [3.05, 3.63) is 66.5 Å². The fourth-order valence-electron chi connectivity index (χ4n) is 3.59. The second-order valence-electron chi connectivity index (χ2n) is 6.90. The van der Waals surface area contributed by atoms with E-state index in [2.05, 4.69) is 10.1 Å². The Balaban J connectivity index is 1.51. The zero-order valence-electron chi connectivity index (χ0n) is 15.0. The summed E-state index contributed by atoms with van der Waals surface area (Å²) in [5.41, 5.74) is 2.88. The summed E-state index contributed by atoms with van der Waals surface area (Å²) in [5.74, 6) is 0.107. The molecule has 1 atom stereocenters. The lowest BCUT2D eigenvalue weighted by Crippen LogP contribution is -2.45. The van der Waals surface area contributed by atoms with Crippen molar-refractivity contribution in [1.29, 1.82) is 0 Å².